The molecule has 7 heteroatoms. The van der Waals surface area contributed by atoms with Crippen LogP contribution in [0.3, 0.4) is 0 Å². The van der Waals surface area contributed by atoms with Crippen molar-refractivity contribution in [3.63, 3.8) is 0 Å². The highest BCUT2D eigenvalue weighted by atomic mass is 16.4. The monoisotopic (exact) mass is 413 g/mol. The number of carbonyl (C=O) groups is 1. The minimum Gasteiger partial charge on any atom is -0.478 e. The number of piperidine rings is 1. The molecule has 0 radical (unpaired) electrons. The highest BCUT2D eigenvalue weighted by Crippen LogP contribution is 2.26. The number of benzene rings is 3. The number of hydrogen-bond donors (Lipinski definition) is 1. The summed E-state index contributed by atoms with van der Waals surface area (Å²) in [7, 11) is 0. The molecule has 3 aromatic rings. The maximum Gasteiger partial charge on any atom is 0.335 e. The number of anilines is 1. The van der Waals surface area contributed by atoms with E-state index < -0.39 is 5.97 Å². The van der Waals surface area contributed by atoms with Crippen LogP contribution in [0.25, 0.3) is 0 Å². The number of hydrogen-bond acceptors (Lipinski definition) is 6. The molecule has 156 valence electrons. The minimum atomic E-state index is -0.966. The standard InChI is InChI=1S/C24H23N5O2/c30-24(31)18-4-6-19(7-5-18)25-26-20-8-10-21(11-9-20)27-28-22-12-14-23(15-13-22)29-16-2-1-3-17-29/h4-15H,1-3,16-17H2,(H,30,31). The SMILES string of the molecule is O=C(O)c1ccc(N=Nc2ccc(N=Nc3ccc(N4CCCCC4)cc3)cc2)cc1. The molecule has 7 nitrogen and oxygen atoms in total. The lowest BCUT2D eigenvalue weighted by Gasteiger charge is -2.28. The van der Waals surface area contributed by atoms with E-state index in [-0.39, 0.29) is 5.56 Å². The van der Waals surface area contributed by atoms with E-state index in [1.54, 1.807) is 12.1 Å². The average molecular weight is 413 g/mol. The van der Waals surface area contributed by atoms with E-state index in [0.717, 1.165) is 24.5 Å². The lowest BCUT2D eigenvalue weighted by atomic mass is 10.1. The smallest absolute Gasteiger partial charge is 0.335 e. The predicted octanol–water partition coefficient (Wildman–Crippen LogP) is 7.21. The Morgan fingerprint density at radius 2 is 1.00 bits per heavy atom. The molecule has 3 aromatic carbocycles. The van der Waals surface area contributed by atoms with Gasteiger partial charge < -0.3 is 10.0 Å². The number of aromatic carboxylic acids is 1. The minimum absolute atomic E-state index is 0.217. The number of azo groups is 2. The fourth-order valence-electron chi connectivity index (χ4n) is 3.37. The molecule has 0 atom stereocenters. The maximum absolute atomic E-state index is 10.9. The summed E-state index contributed by atoms with van der Waals surface area (Å²) in [6.07, 6.45) is 3.84. The Labute approximate surface area is 180 Å². The summed E-state index contributed by atoms with van der Waals surface area (Å²) < 4.78 is 0. The second-order valence-corrected chi connectivity index (χ2v) is 7.33. The first kappa shape index (κ1) is 20.4. The first-order valence-corrected chi connectivity index (χ1v) is 10.3. The Bertz CT molecular complexity index is 1070. The Morgan fingerprint density at radius 3 is 1.42 bits per heavy atom. The van der Waals surface area contributed by atoms with E-state index in [0.29, 0.717) is 11.4 Å². The molecule has 4 rings (SSSR count). The molecule has 31 heavy (non-hydrogen) atoms. The lowest BCUT2D eigenvalue weighted by molar-refractivity contribution is 0.0697. The van der Waals surface area contributed by atoms with Gasteiger partial charge in [-0.1, -0.05) is 0 Å². The zero-order chi connectivity index (χ0) is 21.5. The summed E-state index contributed by atoms with van der Waals surface area (Å²) in [5.41, 5.74) is 4.26. The molecule has 0 saturated carbocycles. The van der Waals surface area contributed by atoms with Gasteiger partial charge in [-0.3, -0.25) is 0 Å². The predicted molar refractivity (Wildman–Crippen MR) is 121 cm³/mol. The van der Waals surface area contributed by atoms with E-state index in [9.17, 15) is 4.79 Å². The van der Waals surface area contributed by atoms with Gasteiger partial charge in [0.2, 0.25) is 0 Å². The molecule has 1 aliphatic heterocycles. The first-order valence-electron chi connectivity index (χ1n) is 10.3. The molecule has 0 amide bonds. The molecule has 1 N–H and O–H groups in total. The lowest BCUT2D eigenvalue weighted by Crippen LogP contribution is -2.29. The summed E-state index contributed by atoms with van der Waals surface area (Å²) in [6.45, 7) is 2.25. The van der Waals surface area contributed by atoms with Gasteiger partial charge in [0.15, 0.2) is 0 Å². The molecule has 0 unspecified atom stereocenters. The quantitative estimate of drug-likeness (QED) is 0.433. The maximum atomic E-state index is 10.9. The van der Waals surface area contributed by atoms with Crippen molar-refractivity contribution < 1.29 is 9.90 Å². The van der Waals surface area contributed by atoms with Gasteiger partial charge in [-0.15, -0.1) is 0 Å². The van der Waals surface area contributed by atoms with Gasteiger partial charge >= 0.3 is 5.97 Å². The fraction of sp³-hybridized carbons (Fsp3) is 0.208. The van der Waals surface area contributed by atoms with Crippen LogP contribution in [0.1, 0.15) is 29.6 Å². The van der Waals surface area contributed by atoms with Gasteiger partial charge in [-0.2, -0.15) is 20.5 Å². The van der Waals surface area contributed by atoms with Crippen LogP contribution in [0.15, 0.2) is 93.3 Å². The molecular formula is C24H23N5O2. The Morgan fingerprint density at radius 1 is 0.613 bits per heavy atom. The zero-order valence-corrected chi connectivity index (χ0v) is 17.1. The number of carboxylic acid groups (broad SMARTS) is 1. The van der Waals surface area contributed by atoms with Gasteiger partial charge in [-0.05, 0) is 92.1 Å². The van der Waals surface area contributed by atoms with Crippen LogP contribution in [0.5, 0.6) is 0 Å². The topological polar surface area (TPSA) is 90.0 Å². The molecular weight excluding hydrogens is 390 g/mol. The van der Waals surface area contributed by atoms with Crippen molar-refractivity contribution in [2.45, 2.75) is 19.3 Å². The second kappa shape index (κ2) is 9.75. The molecule has 1 aliphatic rings. The molecule has 1 fully saturated rings. The fourth-order valence-corrected chi connectivity index (χ4v) is 3.37. The van der Waals surface area contributed by atoms with E-state index in [1.807, 2.05) is 36.4 Å². The Hall–Kier alpha value is -3.87. The van der Waals surface area contributed by atoms with E-state index in [2.05, 4.69) is 37.5 Å². The summed E-state index contributed by atoms with van der Waals surface area (Å²) in [5, 5.41) is 25.8. The molecule has 0 bridgehead atoms. The average Bonchev–Trinajstić information content (AvgIpc) is 2.83. The third-order valence-electron chi connectivity index (χ3n) is 5.10. The summed E-state index contributed by atoms with van der Waals surface area (Å²) >= 11 is 0. The largest absolute Gasteiger partial charge is 0.478 e. The van der Waals surface area contributed by atoms with Crippen LogP contribution < -0.4 is 4.90 Å². The number of nitrogens with zero attached hydrogens (tertiary/aromatic N) is 5. The first-order chi connectivity index (χ1) is 15.2. The van der Waals surface area contributed by atoms with E-state index >= 15 is 0 Å². The van der Waals surface area contributed by atoms with Crippen molar-refractivity contribution in [1.29, 1.82) is 0 Å². The van der Waals surface area contributed by atoms with Gasteiger partial charge in [0.25, 0.3) is 0 Å². The van der Waals surface area contributed by atoms with Crippen LogP contribution >= 0.6 is 0 Å². The van der Waals surface area contributed by atoms with Crippen molar-refractivity contribution in [2.75, 3.05) is 18.0 Å². The third kappa shape index (κ3) is 5.60. The molecule has 0 aromatic heterocycles. The molecule has 0 spiro atoms. The Balaban J connectivity index is 1.35. The number of rotatable bonds is 6. The number of carboxylic acids is 1. The van der Waals surface area contributed by atoms with Crippen molar-refractivity contribution >= 4 is 34.4 Å². The van der Waals surface area contributed by atoms with Crippen molar-refractivity contribution in [3.05, 3.63) is 78.4 Å². The third-order valence-corrected chi connectivity index (χ3v) is 5.10. The van der Waals surface area contributed by atoms with Gasteiger partial charge in [-0.25, -0.2) is 4.79 Å². The van der Waals surface area contributed by atoms with Crippen molar-refractivity contribution in [2.24, 2.45) is 20.5 Å². The summed E-state index contributed by atoms with van der Waals surface area (Å²) in [6, 6.07) is 21.7. The van der Waals surface area contributed by atoms with Crippen LogP contribution in [0.2, 0.25) is 0 Å². The zero-order valence-electron chi connectivity index (χ0n) is 17.1. The Kier molecular flexibility index (Phi) is 6.42. The van der Waals surface area contributed by atoms with Crippen LogP contribution in [0.4, 0.5) is 28.4 Å². The van der Waals surface area contributed by atoms with Gasteiger partial charge in [0.1, 0.15) is 0 Å². The molecule has 1 heterocycles. The van der Waals surface area contributed by atoms with Crippen LogP contribution in [-0.4, -0.2) is 24.2 Å². The highest BCUT2D eigenvalue weighted by molar-refractivity contribution is 5.87. The van der Waals surface area contributed by atoms with Gasteiger partial charge in [0, 0.05) is 18.8 Å². The second-order valence-electron chi connectivity index (χ2n) is 7.33. The summed E-state index contributed by atoms with van der Waals surface area (Å²) in [4.78, 5) is 13.3. The molecule has 0 aliphatic carbocycles. The normalized spacial score (nSPS) is 14.4. The summed E-state index contributed by atoms with van der Waals surface area (Å²) in [5.74, 6) is -0.966. The van der Waals surface area contributed by atoms with E-state index in [1.165, 1.54) is 37.1 Å². The van der Waals surface area contributed by atoms with Gasteiger partial charge in [0.05, 0.1) is 28.3 Å². The van der Waals surface area contributed by atoms with Crippen molar-refractivity contribution in [1.82, 2.24) is 0 Å². The molecule has 1 saturated heterocycles. The van der Waals surface area contributed by atoms with Crippen LogP contribution in [0, 0.1) is 0 Å². The van der Waals surface area contributed by atoms with Crippen LogP contribution in [-0.2, 0) is 0 Å². The van der Waals surface area contributed by atoms with E-state index in [4.69, 9.17) is 5.11 Å². The highest BCUT2D eigenvalue weighted by Gasteiger charge is 2.10. The van der Waals surface area contributed by atoms with Crippen molar-refractivity contribution in [3.8, 4) is 0 Å².